The molecule has 0 atom stereocenters. The van der Waals surface area contributed by atoms with Gasteiger partial charge in [0.15, 0.2) is 0 Å². The quantitative estimate of drug-likeness (QED) is 0.530. The summed E-state index contributed by atoms with van der Waals surface area (Å²) in [5, 5.41) is 7.02. The molecule has 2 aromatic carbocycles. The minimum absolute atomic E-state index is 0.0592. The van der Waals surface area contributed by atoms with Crippen molar-refractivity contribution in [2.24, 2.45) is 0 Å². The van der Waals surface area contributed by atoms with Crippen LogP contribution in [0.2, 0.25) is 0 Å². The van der Waals surface area contributed by atoms with Crippen LogP contribution < -0.4 is 25.2 Å². The van der Waals surface area contributed by atoms with E-state index in [0.717, 1.165) is 79.0 Å². The van der Waals surface area contributed by atoms with Crippen molar-refractivity contribution in [1.29, 1.82) is 0 Å². The predicted octanol–water partition coefficient (Wildman–Crippen LogP) is 4.55. The van der Waals surface area contributed by atoms with Gasteiger partial charge in [-0.3, -0.25) is 4.79 Å². The molecule has 36 heavy (non-hydrogen) atoms. The summed E-state index contributed by atoms with van der Waals surface area (Å²) in [6.45, 7) is 8.49. The van der Waals surface area contributed by atoms with E-state index < -0.39 is 0 Å². The lowest BCUT2D eigenvalue weighted by atomic mass is 10.1. The van der Waals surface area contributed by atoms with Gasteiger partial charge in [-0.15, -0.1) is 0 Å². The first-order chi connectivity index (χ1) is 17.4. The van der Waals surface area contributed by atoms with E-state index in [-0.39, 0.29) is 5.91 Å². The van der Waals surface area contributed by atoms with Gasteiger partial charge in [0.1, 0.15) is 11.6 Å². The van der Waals surface area contributed by atoms with Crippen LogP contribution in [0.5, 0.6) is 5.75 Å². The number of ether oxygens (including phenoxy) is 1. The Kier molecular flexibility index (Phi) is 6.69. The SMILES string of the molecule is COc1cc(N2CCN(C)CC2)ccc1Nc1nccc(Nc2cccc3c2N(C(C)=O)CC3)c1C. The highest BCUT2D eigenvalue weighted by Crippen LogP contribution is 2.39. The second-order valence-corrected chi connectivity index (χ2v) is 9.49. The zero-order valence-corrected chi connectivity index (χ0v) is 21.5. The van der Waals surface area contributed by atoms with Gasteiger partial charge in [0.05, 0.1) is 24.2 Å². The topological polar surface area (TPSA) is 73.0 Å². The number of carbonyl (C=O) groups excluding carboxylic acids is 1. The average Bonchev–Trinajstić information content (AvgIpc) is 3.33. The monoisotopic (exact) mass is 486 g/mol. The summed E-state index contributed by atoms with van der Waals surface area (Å²) in [5.41, 5.74) is 7.03. The normalized spacial score (nSPS) is 15.6. The lowest BCUT2D eigenvalue weighted by Crippen LogP contribution is -2.44. The van der Waals surface area contributed by atoms with E-state index in [0.29, 0.717) is 0 Å². The third-order valence-corrected chi connectivity index (χ3v) is 7.15. The number of likely N-dealkylation sites (N-methyl/N-ethyl adjacent to an activating group) is 1. The molecule has 1 aromatic heterocycles. The highest BCUT2D eigenvalue weighted by Gasteiger charge is 2.25. The molecule has 0 bridgehead atoms. The fraction of sp³-hybridized carbons (Fsp3) is 0.357. The fourth-order valence-electron chi connectivity index (χ4n) is 4.99. The Labute approximate surface area is 212 Å². The van der Waals surface area contributed by atoms with Crippen molar-refractivity contribution in [2.45, 2.75) is 20.3 Å². The van der Waals surface area contributed by atoms with E-state index >= 15 is 0 Å². The Morgan fingerprint density at radius 2 is 1.78 bits per heavy atom. The number of piperazine rings is 1. The number of benzene rings is 2. The van der Waals surface area contributed by atoms with Crippen LogP contribution in [0, 0.1) is 6.92 Å². The van der Waals surface area contributed by atoms with Crippen LogP contribution in [-0.2, 0) is 11.2 Å². The zero-order chi connectivity index (χ0) is 25.2. The predicted molar refractivity (Wildman–Crippen MR) is 146 cm³/mol. The molecule has 0 aliphatic carbocycles. The number of hydrogen-bond donors (Lipinski definition) is 2. The largest absolute Gasteiger partial charge is 0.494 e. The number of carbonyl (C=O) groups is 1. The second kappa shape index (κ2) is 10.1. The van der Waals surface area contributed by atoms with Crippen LogP contribution in [0.3, 0.4) is 0 Å². The second-order valence-electron chi connectivity index (χ2n) is 9.49. The van der Waals surface area contributed by atoms with Gasteiger partial charge < -0.3 is 30.1 Å². The lowest BCUT2D eigenvalue weighted by Gasteiger charge is -2.34. The molecular formula is C28H34N6O2. The Hall–Kier alpha value is -3.78. The first-order valence-corrected chi connectivity index (χ1v) is 12.5. The zero-order valence-electron chi connectivity index (χ0n) is 21.5. The van der Waals surface area contributed by atoms with Gasteiger partial charge in [0, 0.05) is 68.8 Å². The van der Waals surface area contributed by atoms with Gasteiger partial charge in [-0.2, -0.15) is 0 Å². The van der Waals surface area contributed by atoms with E-state index in [4.69, 9.17) is 4.74 Å². The van der Waals surface area contributed by atoms with Crippen LogP contribution in [0.25, 0.3) is 0 Å². The summed E-state index contributed by atoms with van der Waals surface area (Å²) in [6.07, 6.45) is 2.66. The van der Waals surface area contributed by atoms with Crippen molar-refractivity contribution in [3.05, 3.63) is 59.8 Å². The Balaban J connectivity index is 1.39. The molecule has 1 saturated heterocycles. The number of nitrogens with zero attached hydrogens (tertiary/aromatic N) is 4. The summed E-state index contributed by atoms with van der Waals surface area (Å²) >= 11 is 0. The standard InChI is InChI=1S/C28H34N6O2/c1-19-23(30-25-7-5-6-21-11-13-34(20(2)35)27(21)25)10-12-29-28(19)31-24-9-8-22(18-26(24)36-4)33-16-14-32(3)15-17-33/h5-10,12,18H,11,13-17H2,1-4H3,(H2,29,30,31). The number of pyridine rings is 1. The maximum Gasteiger partial charge on any atom is 0.223 e. The molecule has 0 saturated carbocycles. The van der Waals surface area contributed by atoms with Gasteiger partial charge in [-0.25, -0.2) is 4.98 Å². The molecule has 2 aliphatic heterocycles. The number of methoxy groups -OCH3 is 1. The highest BCUT2D eigenvalue weighted by atomic mass is 16.5. The molecule has 1 amide bonds. The van der Waals surface area contributed by atoms with Crippen LogP contribution in [-0.4, -0.2) is 62.7 Å². The molecule has 2 aliphatic rings. The summed E-state index contributed by atoms with van der Waals surface area (Å²) in [4.78, 5) is 23.4. The lowest BCUT2D eigenvalue weighted by molar-refractivity contribution is -0.116. The van der Waals surface area contributed by atoms with Crippen molar-refractivity contribution >= 4 is 40.2 Å². The summed E-state index contributed by atoms with van der Waals surface area (Å²) in [6, 6.07) is 14.4. The first kappa shape index (κ1) is 23.9. The van der Waals surface area contributed by atoms with E-state index in [1.807, 2.05) is 30.0 Å². The third kappa shape index (κ3) is 4.68. The maximum absolute atomic E-state index is 12.2. The molecule has 2 N–H and O–H groups in total. The highest BCUT2D eigenvalue weighted by molar-refractivity contribution is 5.98. The number of nitrogens with one attached hydrogen (secondary N) is 2. The van der Waals surface area contributed by atoms with Crippen LogP contribution >= 0.6 is 0 Å². The Morgan fingerprint density at radius 1 is 0.972 bits per heavy atom. The van der Waals surface area contributed by atoms with Crippen LogP contribution in [0.1, 0.15) is 18.1 Å². The van der Waals surface area contributed by atoms with Crippen molar-refractivity contribution < 1.29 is 9.53 Å². The van der Waals surface area contributed by atoms with Crippen molar-refractivity contribution in [1.82, 2.24) is 9.88 Å². The van der Waals surface area contributed by atoms with Gasteiger partial charge >= 0.3 is 0 Å². The minimum Gasteiger partial charge on any atom is -0.494 e. The van der Waals surface area contributed by atoms with E-state index in [1.165, 1.54) is 11.3 Å². The molecule has 3 aromatic rings. The molecular weight excluding hydrogens is 452 g/mol. The minimum atomic E-state index is 0.0592. The third-order valence-electron chi connectivity index (χ3n) is 7.15. The number of anilines is 6. The average molecular weight is 487 g/mol. The van der Waals surface area contributed by atoms with Crippen LogP contribution in [0.4, 0.5) is 34.3 Å². The molecule has 188 valence electrons. The number of hydrogen-bond acceptors (Lipinski definition) is 7. The van der Waals surface area contributed by atoms with Crippen molar-refractivity contribution in [3.8, 4) is 5.75 Å². The molecule has 0 spiro atoms. The Bertz CT molecular complexity index is 1270. The van der Waals surface area contributed by atoms with Crippen LogP contribution in [0.15, 0.2) is 48.7 Å². The number of amides is 1. The molecule has 1 fully saturated rings. The number of aromatic nitrogens is 1. The number of para-hydroxylation sites is 1. The Morgan fingerprint density at radius 3 is 2.53 bits per heavy atom. The van der Waals surface area contributed by atoms with E-state index in [1.54, 1.807) is 20.2 Å². The van der Waals surface area contributed by atoms with E-state index in [2.05, 4.69) is 56.7 Å². The first-order valence-electron chi connectivity index (χ1n) is 12.5. The summed E-state index contributed by atoms with van der Waals surface area (Å²) in [5.74, 6) is 1.59. The molecule has 8 heteroatoms. The van der Waals surface area contributed by atoms with Gasteiger partial charge in [-0.05, 0) is 50.2 Å². The van der Waals surface area contributed by atoms with Gasteiger partial charge in [0.25, 0.3) is 0 Å². The van der Waals surface area contributed by atoms with E-state index in [9.17, 15) is 4.79 Å². The van der Waals surface area contributed by atoms with Crippen molar-refractivity contribution in [3.63, 3.8) is 0 Å². The van der Waals surface area contributed by atoms with Gasteiger partial charge in [0.2, 0.25) is 5.91 Å². The fourth-order valence-corrected chi connectivity index (χ4v) is 4.99. The summed E-state index contributed by atoms with van der Waals surface area (Å²) in [7, 11) is 3.86. The molecule has 8 nitrogen and oxygen atoms in total. The molecule has 5 rings (SSSR count). The smallest absolute Gasteiger partial charge is 0.223 e. The van der Waals surface area contributed by atoms with Crippen molar-refractivity contribution in [2.75, 3.05) is 67.3 Å². The molecule has 0 unspecified atom stereocenters. The number of fused-ring (bicyclic) bond motifs is 1. The van der Waals surface area contributed by atoms with Gasteiger partial charge in [-0.1, -0.05) is 12.1 Å². The molecule has 0 radical (unpaired) electrons. The summed E-state index contributed by atoms with van der Waals surface area (Å²) < 4.78 is 5.74. The maximum atomic E-state index is 12.2. The number of rotatable bonds is 6. The molecule has 3 heterocycles.